The lowest BCUT2D eigenvalue weighted by atomic mass is 9.99. The summed E-state index contributed by atoms with van der Waals surface area (Å²) >= 11 is 0. The maximum atomic E-state index is 14.0. The molecule has 33 heavy (non-hydrogen) atoms. The molecule has 3 N–H and O–H groups in total. The van der Waals surface area contributed by atoms with E-state index in [0.717, 1.165) is 11.1 Å². The second-order valence-electron chi connectivity index (χ2n) is 7.79. The minimum atomic E-state index is -4.69. The van der Waals surface area contributed by atoms with Crippen molar-refractivity contribution in [2.75, 3.05) is 0 Å². The second kappa shape index (κ2) is 8.95. The average molecular weight is 456 g/mol. The number of tetrazole rings is 1. The van der Waals surface area contributed by atoms with E-state index in [2.05, 4.69) is 36.2 Å². The van der Waals surface area contributed by atoms with Gasteiger partial charge in [-0.25, -0.2) is 5.10 Å². The third-order valence-corrected chi connectivity index (χ3v) is 5.38. The number of benzene rings is 1. The van der Waals surface area contributed by atoms with Crippen molar-refractivity contribution in [1.29, 1.82) is 5.26 Å². The number of alkyl halides is 3. The van der Waals surface area contributed by atoms with Crippen molar-refractivity contribution in [3.63, 3.8) is 0 Å². The molecule has 0 unspecified atom stereocenters. The van der Waals surface area contributed by atoms with Crippen LogP contribution in [0.4, 0.5) is 13.2 Å². The summed E-state index contributed by atoms with van der Waals surface area (Å²) in [6, 6.07) is 7.93. The number of carbonyl (C=O) groups is 1. The zero-order valence-electron chi connectivity index (χ0n) is 17.2. The number of halogens is 3. The molecule has 1 aromatic carbocycles. The molecule has 0 bridgehead atoms. The van der Waals surface area contributed by atoms with Crippen molar-refractivity contribution in [1.82, 2.24) is 36.2 Å². The highest BCUT2D eigenvalue weighted by atomic mass is 19.4. The van der Waals surface area contributed by atoms with Crippen LogP contribution in [0, 0.1) is 11.3 Å². The summed E-state index contributed by atoms with van der Waals surface area (Å²) in [5.74, 6) is -0.591. The van der Waals surface area contributed by atoms with Gasteiger partial charge in [0.15, 0.2) is 5.82 Å². The highest BCUT2D eigenvalue weighted by molar-refractivity contribution is 5.83. The molecule has 0 radical (unpaired) electrons. The largest absolute Gasteiger partial charge is 0.407 e. The first kappa shape index (κ1) is 22.3. The highest BCUT2D eigenvalue weighted by Crippen LogP contribution is 2.36. The molecule has 0 spiro atoms. The minimum absolute atomic E-state index is 0.0600. The average Bonchev–Trinajstić information content (AvgIpc) is 3.39. The van der Waals surface area contributed by atoms with Crippen molar-refractivity contribution < 1.29 is 18.0 Å². The Morgan fingerprint density at radius 1 is 1.15 bits per heavy atom. The molecule has 1 amide bonds. The van der Waals surface area contributed by atoms with Crippen LogP contribution >= 0.6 is 0 Å². The number of pyridine rings is 1. The Balaban J connectivity index is 1.59. The number of nitrogens with one attached hydrogen (secondary N) is 3. The summed E-state index contributed by atoms with van der Waals surface area (Å²) in [7, 11) is 0. The molecule has 2 aromatic heterocycles. The van der Waals surface area contributed by atoms with E-state index < -0.39 is 29.7 Å². The van der Waals surface area contributed by atoms with Gasteiger partial charge in [0.1, 0.15) is 11.6 Å². The number of nitrogens with zero attached hydrogens (tertiary/aromatic N) is 5. The zero-order valence-corrected chi connectivity index (χ0v) is 17.2. The molecule has 2 atom stereocenters. The molecule has 1 fully saturated rings. The Morgan fingerprint density at radius 3 is 2.36 bits per heavy atom. The lowest BCUT2D eigenvalue weighted by Crippen LogP contribution is -2.52. The molecule has 2 heterocycles. The first-order valence-corrected chi connectivity index (χ1v) is 10.1. The standard InChI is InChI=1S/C21H19F3N8O/c22-21(23,24)18(15-3-1-13(2-4-15)14-5-9-26-10-6-14)27-16(11-17-29-31-32-30-17)19(33)28-20(12-25)7-8-20/h1-6,9-10,16,18,27H,7-8,11H2,(H,28,33)(H,29,30,31,32)/t16-,18-/m0/s1. The van der Waals surface area contributed by atoms with E-state index in [1.807, 2.05) is 6.07 Å². The van der Waals surface area contributed by atoms with Gasteiger partial charge < -0.3 is 5.32 Å². The Bertz CT molecular complexity index is 1120. The van der Waals surface area contributed by atoms with Crippen LogP contribution in [0.25, 0.3) is 11.1 Å². The summed E-state index contributed by atoms with van der Waals surface area (Å²) in [4.78, 5) is 16.8. The first-order chi connectivity index (χ1) is 15.8. The number of rotatable bonds is 8. The molecule has 3 aromatic rings. The fourth-order valence-corrected chi connectivity index (χ4v) is 3.39. The predicted octanol–water partition coefficient (Wildman–Crippen LogP) is 2.24. The molecule has 12 heteroatoms. The van der Waals surface area contributed by atoms with Crippen molar-refractivity contribution in [2.45, 2.75) is 43.1 Å². The number of hydrogen-bond acceptors (Lipinski definition) is 7. The Labute approximate surface area is 186 Å². The number of amides is 1. The van der Waals surface area contributed by atoms with Crippen LogP contribution in [-0.2, 0) is 11.2 Å². The smallest absolute Gasteiger partial charge is 0.336 e. The van der Waals surface area contributed by atoms with Crippen LogP contribution in [-0.4, -0.2) is 49.3 Å². The van der Waals surface area contributed by atoms with E-state index in [1.165, 1.54) is 12.1 Å². The molecule has 0 aliphatic heterocycles. The Hall–Kier alpha value is -3.85. The Morgan fingerprint density at radius 2 is 1.82 bits per heavy atom. The number of hydrogen-bond donors (Lipinski definition) is 3. The SMILES string of the molecule is N#CC1(NC(=O)[C@H](Cc2nnn[nH]2)N[C@@H](c2ccc(-c3ccncc3)cc2)C(F)(F)F)CC1. The minimum Gasteiger partial charge on any atom is -0.336 e. The fraction of sp³-hybridized carbons (Fsp3) is 0.333. The summed E-state index contributed by atoms with van der Waals surface area (Å²) in [6.45, 7) is 0. The van der Waals surface area contributed by atoms with Gasteiger partial charge in [-0.2, -0.15) is 18.4 Å². The molecule has 1 saturated carbocycles. The second-order valence-corrected chi connectivity index (χ2v) is 7.79. The summed E-state index contributed by atoms with van der Waals surface area (Å²) in [5.41, 5.74) is 0.453. The van der Waals surface area contributed by atoms with Gasteiger partial charge in [0.05, 0.1) is 12.1 Å². The molecule has 0 saturated heterocycles. The van der Waals surface area contributed by atoms with Gasteiger partial charge >= 0.3 is 6.18 Å². The normalized spacial score (nSPS) is 16.4. The molecule has 4 rings (SSSR count). The van der Waals surface area contributed by atoms with Crippen molar-refractivity contribution >= 4 is 5.91 Å². The van der Waals surface area contributed by atoms with Gasteiger partial charge in [-0.05, 0) is 52.1 Å². The van der Waals surface area contributed by atoms with E-state index in [9.17, 15) is 23.2 Å². The lowest BCUT2D eigenvalue weighted by molar-refractivity contribution is -0.161. The molecular formula is C21H19F3N8O. The summed E-state index contributed by atoms with van der Waals surface area (Å²) in [6.07, 6.45) is -0.821. The number of aromatic nitrogens is 5. The van der Waals surface area contributed by atoms with Crippen LogP contribution in [0.2, 0.25) is 0 Å². The van der Waals surface area contributed by atoms with Crippen molar-refractivity contribution in [2.24, 2.45) is 0 Å². The lowest BCUT2D eigenvalue weighted by Gasteiger charge is -2.27. The maximum Gasteiger partial charge on any atom is 0.407 e. The van der Waals surface area contributed by atoms with E-state index in [1.54, 1.807) is 36.7 Å². The maximum absolute atomic E-state index is 14.0. The van der Waals surface area contributed by atoms with Crippen LogP contribution in [0.3, 0.4) is 0 Å². The van der Waals surface area contributed by atoms with Crippen LogP contribution < -0.4 is 10.6 Å². The van der Waals surface area contributed by atoms with Crippen LogP contribution in [0.5, 0.6) is 0 Å². The fourth-order valence-electron chi connectivity index (χ4n) is 3.39. The van der Waals surface area contributed by atoms with Gasteiger partial charge in [0.2, 0.25) is 5.91 Å². The van der Waals surface area contributed by atoms with Gasteiger partial charge in [0, 0.05) is 18.8 Å². The van der Waals surface area contributed by atoms with Crippen molar-refractivity contribution in [3.05, 3.63) is 60.2 Å². The first-order valence-electron chi connectivity index (χ1n) is 10.1. The predicted molar refractivity (Wildman–Crippen MR) is 109 cm³/mol. The molecular weight excluding hydrogens is 437 g/mol. The molecule has 1 aliphatic carbocycles. The Kier molecular flexibility index (Phi) is 6.06. The number of nitriles is 1. The third-order valence-electron chi connectivity index (χ3n) is 5.38. The number of H-pyrrole nitrogens is 1. The van der Waals surface area contributed by atoms with E-state index >= 15 is 0 Å². The van der Waals surface area contributed by atoms with Crippen LogP contribution in [0.15, 0.2) is 48.8 Å². The quantitative estimate of drug-likeness (QED) is 0.474. The van der Waals surface area contributed by atoms with Crippen LogP contribution in [0.1, 0.15) is 30.3 Å². The molecule has 9 nitrogen and oxygen atoms in total. The number of carbonyl (C=O) groups excluding carboxylic acids is 1. The number of aromatic amines is 1. The van der Waals surface area contributed by atoms with Gasteiger partial charge in [-0.15, -0.1) is 5.10 Å². The monoisotopic (exact) mass is 456 g/mol. The van der Waals surface area contributed by atoms with Gasteiger partial charge in [-0.3, -0.25) is 15.1 Å². The summed E-state index contributed by atoms with van der Waals surface area (Å²) in [5, 5.41) is 27.1. The van der Waals surface area contributed by atoms with E-state index in [4.69, 9.17) is 0 Å². The van der Waals surface area contributed by atoms with Crippen molar-refractivity contribution in [3.8, 4) is 17.2 Å². The third kappa shape index (κ3) is 5.32. The molecule has 1 aliphatic rings. The summed E-state index contributed by atoms with van der Waals surface area (Å²) < 4.78 is 42.1. The van der Waals surface area contributed by atoms with Gasteiger partial charge in [-0.1, -0.05) is 24.3 Å². The van der Waals surface area contributed by atoms with E-state index in [-0.39, 0.29) is 17.8 Å². The van der Waals surface area contributed by atoms with Gasteiger partial charge in [0.25, 0.3) is 0 Å². The van der Waals surface area contributed by atoms with E-state index in [0.29, 0.717) is 12.8 Å². The topological polar surface area (TPSA) is 132 Å². The molecule has 170 valence electrons. The zero-order chi connectivity index (χ0) is 23.5. The highest BCUT2D eigenvalue weighted by Gasteiger charge is 2.47.